The van der Waals surface area contributed by atoms with E-state index >= 15 is 0 Å². The number of anilines is 1. The minimum Gasteiger partial charge on any atom is -0.376 e. The van der Waals surface area contributed by atoms with Crippen molar-refractivity contribution in [3.8, 4) is 0 Å². The van der Waals surface area contributed by atoms with Gasteiger partial charge in [-0.15, -0.1) is 0 Å². The summed E-state index contributed by atoms with van der Waals surface area (Å²) in [5.41, 5.74) is 1.70. The van der Waals surface area contributed by atoms with Crippen LogP contribution in [0.3, 0.4) is 0 Å². The molecule has 2 rings (SSSR count). The van der Waals surface area contributed by atoms with E-state index in [1.807, 2.05) is 48.5 Å². The highest BCUT2D eigenvalue weighted by Crippen LogP contribution is 2.24. The molecule has 2 aromatic rings. The fraction of sp³-hybridized carbons (Fsp3) is 0.200. The van der Waals surface area contributed by atoms with E-state index in [1.165, 1.54) is 0 Å². The fourth-order valence-electron chi connectivity index (χ4n) is 1.74. The van der Waals surface area contributed by atoms with E-state index in [4.69, 9.17) is 1.41 Å². The van der Waals surface area contributed by atoms with E-state index < -0.39 is 0 Å². The molecule has 0 saturated heterocycles. The molecule has 0 radical (unpaired) electrons. The number of benzene rings is 2. The van der Waals surface area contributed by atoms with Crippen LogP contribution in [0, 0.1) is 0 Å². The van der Waals surface area contributed by atoms with Crippen molar-refractivity contribution in [1.82, 2.24) is 0 Å². The smallest absolute Gasteiger partial charge is 0.161 e. The molecule has 82 valence electrons. The summed E-state index contributed by atoms with van der Waals surface area (Å²) in [6.45, 7) is 4.12. The Balaban J connectivity index is 2.33. The monoisotopic (exact) mass is 212 g/mol. The molecular formula is C15H17N. The number of hydrogen-bond acceptors (Lipinski definition) is 1. The van der Waals surface area contributed by atoms with Crippen LogP contribution in [0.5, 0.6) is 0 Å². The third-order valence-electron chi connectivity index (χ3n) is 2.65. The lowest BCUT2D eigenvalue weighted by Gasteiger charge is -2.28. The third kappa shape index (κ3) is 2.43. The quantitative estimate of drug-likeness (QED) is 0.809. The van der Waals surface area contributed by atoms with Crippen LogP contribution in [0.2, 0.25) is 1.41 Å². The Morgan fingerprint density at radius 1 is 0.875 bits per heavy atom. The van der Waals surface area contributed by atoms with E-state index in [1.54, 1.807) is 5.31 Å². The average molecular weight is 212 g/mol. The van der Waals surface area contributed by atoms with Gasteiger partial charge in [0.25, 0.3) is 0 Å². The molecule has 0 aromatic heterocycles. The number of hydrogen-bond donors (Lipinski definition) is 1. The molecule has 1 nitrogen and oxygen atoms in total. The zero-order valence-electron chi connectivity index (χ0n) is 10.7. The van der Waals surface area contributed by atoms with Gasteiger partial charge < -0.3 is 5.31 Å². The molecule has 0 fully saturated rings. The summed E-state index contributed by atoms with van der Waals surface area (Å²) >= 11 is 0. The van der Waals surface area contributed by atoms with Crippen LogP contribution in [0.15, 0.2) is 60.7 Å². The van der Waals surface area contributed by atoms with Gasteiger partial charge in [-0.1, -0.05) is 48.5 Å². The van der Waals surface area contributed by atoms with Crippen LogP contribution in [0.4, 0.5) is 5.69 Å². The van der Waals surface area contributed by atoms with Crippen LogP contribution in [-0.2, 0) is 5.54 Å². The molecule has 0 unspecified atom stereocenters. The van der Waals surface area contributed by atoms with Crippen LogP contribution >= 0.6 is 0 Å². The van der Waals surface area contributed by atoms with E-state index in [9.17, 15) is 0 Å². The second-order valence-electron chi connectivity index (χ2n) is 4.37. The number of nitrogens with one attached hydrogen (secondary N) is 1. The van der Waals surface area contributed by atoms with Crippen molar-refractivity contribution in [3.63, 3.8) is 0 Å². The van der Waals surface area contributed by atoms with Crippen LogP contribution in [0.25, 0.3) is 0 Å². The minimum atomic E-state index is -0.345. The van der Waals surface area contributed by atoms with Crippen LogP contribution in [0.1, 0.15) is 19.4 Å². The first-order valence-electron chi connectivity index (χ1n) is 5.97. The van der Waals surface area contributed by atoms with Crippen molar-refractivity contribution in [2.45, 2.75) is 19.4 Å². The lowest BCUT2D eigenvalue weighted by Crippen LogP contribution is -2.27. The van der Waals surface area contributed by atoms with Gasteiger partial charge in [0.1, 0.15) is 0 Å². The zero-order chi connectivity index (χ0) is 12.3. The van der Waals surface area contributed by atoms with Crippen LogP contribution < -0.4 is 5.31 Å². The SMILES string of the molecule is [2H]N(c1ccccc1)C(C)(C)c1ccccc1. The Hall–Kier alpha value is -1.76. The summed E-state index contributed by atoms with van der Waals surface area (Å²) in [7, 11) is 0. The molecule has 0 bridgehead atoms. The van der Waals surface area contributed by atoms with Crippen molar-refractivity contribution in [2.75, 3.05) is 5.31 Å². The van der Waals surface area contributed by atoms with Crippen molar-refractivity contribution < 1.29 is 1.41 Å². The zero-order valence-corrected chi connectivity index (χ0v) is 9.72. The maximum absolute atomic E-state index is 8.29. The summed E-state index contributed by atoms with van der Waals surface area (Å²) in [5, 5.41) is 1.56. The molecule has 0 aliphatic rings. The van der Waals surface area contributed by atoms with Gasteiger partial charge in [0.2, 0.25) is 0 Å². The van der Waals surface area contributed by atoms with E-state index in [2.05, 4.69) is 26.0 Å². The van der Waals surface area contributed by atoms with E-state index in [-0.39, 0.29) is 5.54 Å². The third-order valence-corrected chi connectivity index (χ3v) is 2.65. The molecule has 0 aliphatic heterocycles. The fourth-order valence-corrected chi connectivity index (χ4v) is 1.74. The molecule has 2 aromatic carbocycles. The lowest BCUT2D eigenvalue weighted by molar-refractivity contribution is 0.609. The van der Waals surface area contributed by atoms with Crippen molar-refractivity contribution in [1.29, 1.82) is 0 Å². The predicted molar refractivity (Wildman–Crippen MR) is 69.5 cm³/mol. The first-order chi connectivity index (χ1) is 8.12. The normalized spacial score (nSPS) is 12.0. The van der Waals surface area contributed by atoms with Gasteiger partial charge in [0, 0.05) is 5.69 Å². The maximum atomic E-state index is 8.29. The highest BCUT2D eigenvalue weighted by Gasteiger charge is 2.19. The van der Waals surface area contributed by atoms with Crippen molar-refractivity contribution >= 4 is 5.69 Å². The molecule has 0 spiro atoms. The highest BCUT2D eigenvalue weighted by molar-refractivity contribution is 5.47. The van der Waals surface area contributed by atoms with E-state index in [0.29, 0.717) is 0 Å². The van der Waals surface area contributed by atoms with Gasteiger partial charge in [-0.05, 0) is 31.5 Å². The molecule has 0 saturated carbocycles. The van der Waals surface area contributed by atoms with E-state index in [0.717, 1.165) is 11.3 Å². The second kappa shape index (κ2) is 4.40. The first kappa shape index (κ1) is 9.46. The minimum absolute atomic E-state index is 0.345. The van der Waals surface area contributed by atoms with Crippen molar-refractivity contribution in [3.05, 3.63) is 66.2 Å². The van der Waals surface area contributed by atoms with Gasteiger partial charge in [0.15, 0.2) is 1.41 Å². The standard InChI is InChI=1S/C15H17N/c1-15(2,13-9-5-3-6-10-13)16-14-11-7-4-8-12-14/h3-12,16H,1-2H3/i/hD. The topological polar surface area (TPSA) is 12.0 Å². The Bertz CT molecular complexity index is 465. The molecular weight excluding hydrogens is 194 g/mol. The molecule has 16 heavy (non-hydrogen) atoms. The molecule has 0 heterocycles. The summed E-state index contributed by atoms with van der Waals surface area (Å²) in [6, 6.07) is 19.9. The van der Waals surface area contributed by atoms with Gasteiger partial charge in [0.05, 0.1) is 5.54 Å². The summed E-state index contributed by atoms with van der Waals surface area (Å²) in [6.07, 6.45) is 0. The number of rotatable bonds is 3. The molecule has 1 heteroatoms. The number of para-hydroxylation sites is 1. The average Bonchev–Trinajstić information content (AvgIpc) is 2.40. The Kier molecular flexibility index (Phi) is 2.60. The van der Waals surface area contributed by atoms with Gasteiger partial charge in [-0.2, -0.15) is 0 Å². The molecule has 0 atom stereocenters. The Labute approximate surface area is 98.6 Å². The predicted octanol–water partition coefficient (Wildman–Crippen LogP) is 4.03. The summed E-state index contributed by atoms with van der Waals surface area (Å²) in [4.78, 5) is 0. The summed E-state index contributed by atoms with van der Waals surface area (Å²) < 4.78 is 8.29. The highest BCUT2D eigenvalue weighted by atomic mass is 15.0. The molecule has 0 aliphatic carbocycles. The molecule has 1 N–H and O–H groups in total. The van der Waals surface area contributed by atoms with Crippen molar-refractivity contribution in [2.24, 2.45) is 0 Å². The Morgan fingerprint density at radius 3 is 1.94 bits per heavy atom. The van der Waals surface area contributed by atoms with Gasteiger partial charge >= 0.3 is 0 Å². The maximum Gasteiger partial charge on any atom is 0.161 e. The second-order valence-corrected chi connectivity index (χ2v) is 4.37. The largest absolute Gasteiger partial charge is 0.376 e. The Morgan fingerprint density at radius 2 is 1.38 bits per heavy atom. The van der Waals surface area contributed by atoms with Crippen LogP contribution in [-0.4, -0.2) is 0 Å². The van der Waals surface area contributed by atoms with Gasteiger partial charge in [-0.25, -0.2) is 0 Å². The summed E-state index contributed by atoms with van der Waals surface area (Å²) in [5.74, 6) is 0. The lowest BCUT2D eigenvalue weighted by atomic mass is 9.94. The van der Waals surface area contributed by atoms with Gasteiger partial charge in [-0.3, -0.25) is 0 Å². The first-order valence-corrected chi connectivity index (χ1v) is 5.52. The molecule has 0 amide bonds.